The van der Waals surface area contributed by atoms with E-state index in [2.05, 4.69) is 22.1 Å². The molecular formula is C13H15N3. The van der Waals surface area contributed by atoms with Crippen LogP contribution in [0.4, 0.5) is 0 Å². The molecule has 2 aromatic rings. The lowest BCUT2D eigenvalue weighted by molar-refractivity contribution is 0.645. The summed E-state index contributed by atoms with van der Waals surface area (Å²) < 4.78 is 0. The third-order valence-corrected chi connectivity index (χ3v) is 2.60. The summed E-state index contributed by atoms with van der Waals surface area (Å²) >= 11 is 0. The van der Waals surface area contributed by atoms with E-state index in [1.807, 2.05) is 18.2 Å². The van der Waals surface area contributed by atoms with Gasteiger partial charge in [-0.3, -0.25) is 0 Å². The molecule has 1 aromatic heterocycles. The van der Waals surface area contributed by atoms with Crippen molar-refractivity contribution in [2.45, 2.75) is 18.9 Å². The van der Waals surface area contributed by atoms with Gasteiger partial charge in [-0.15, -0.1) is 0 Å². The van der Waals surface area contributed by atoms with Crippen molar-refractivity contribution in [1.82, 2.24) is 9.97 Å². The van der Waals surface area contributed by atoms with Crippen molar-refractivity contribution in [3.8, 4) is 0 Å². The summed E-state index contributed by atoms with van der Waals surface area (Å²) in [6.45, 7) is 0. The van der Waals surface area contributed by atoms with Crippen LogP contribution in [-0.2, 0) is 6.42 Å². The zero-order valence-electron chi connectivity index (χ0n) is 9.08. The van der Waals surface area contributed by atoms with Crippen molar-refractivity contribution in [3.63, 3.8) is 0 Å². The van der Waals surface area contributed by atoms with Crippen LogP contribution in [0.2, 0.25) is 0 Å². The average Bonchev–Trinajstić information content (AvgIpc) is 2.38. The van der Waals surface area contributed by atoms with Crippen molar-refractivity contribution in [3.05, 3.63) is 60.2 Å². The van der Waals surface area contributed by atoms with E-state index in [1.165, 1.54) is 11.9 Å². The predicted octanol–water partition coefficient (Wildman–Crippen LogP) is 2.11. The van der Waals surface area contributed by atoms with Gasteiger partial charge >= 0.3 is 0 Å². The molecule has 3 heteroatoms. The van der Waals surface area contributed by atoms with Crippen LogP contribution in [0.1, 0.15) is 23.6 Å². The van der Waals surface area contributed by atoms with Gasteiger partial charge in [0, 0.05) is 24.0 Å². The highest BCUT2D eigenvalue weighted by Crippen LogP contribution is 2.14. The lowest BCUT2D eigenvalue weighted by atomic mass is 10.0. The van der Waals surface area contributed by atoms with Crippen LogP contribution in [0.15, 0.2) is 49.1 Å². The van der Waals surface area contributed by atoms with Gasteiger partial charge < -0.3 is 5.73 Å². The molecule has 2 rings (SSSR count). The first-order chi connectivity index (χ1) is 7.86. The number of aryl methyl sites for hydroxylation is 1. The van der Waals surface area contributed by atoms with Gasteiger partial charge in [-0.1, -0.05) is 30.3 Å². The lowest BCUT2D eigenvalue weighted by Gasteiger charge is -2.10. The maximum absolute atomic E-state index is 6.06. The molecule has 0 bridgehead atoms. The van der Waals surface area contributed by atoms with Gasteiger partial charge in [0.25, 0.3) is 0 Å². The molecule has 0 spiro atoms. The Labute approximate surface area is 95.4 Å². The molecule has 2 N–H and O–H groups in total. The molecule has 0 aliphatic rings. The topological polar surface area (TPSA) is 51.8 Å². The van der Waals surface area contributed by atoms with Crippen molar-refractivity contribution >= 4 is 0 Å². The van der Waals surface area contributed by atoms with E-state index in [1.54, 1.807) is 12.4 Å². The normalized spacial score (nSPS) is 12.3. The van der Waals surface area contributed by atoms with E-state index >= 15 is 0 Å². The minimum atomic E-state index is 0.0152. The monoisotopic (exact) mass is 213 g/mol. The van der Waals surface area contributed by atoms with Gasteiger partial charge in [-0.2, -0.15) is 0 Å². The van der Waals surface area contributed by atoms with Crippen molar-refractivity contribution < 1.29 is 0 Å². The second kappa shape index (κ2) is 5.37. The number of nitrogens with two attached hydrogens (primary N) is 1. The fourth-order valence-electron chi connectivity index (χ4n) is 1.64. The molecule has 1 aromatic carbocycles. The van der Waals surface area contributed by atoms with Gasteiger partial charge in [0.05, 0.1) is 0 Å². The third-order valence-electron chi connectivity index (χ3n) is 2.60. The fraction of sp³-hybridized carbons (Fsp3) is 0.231. The second-order valence-corrected chi connectivity index (χ2v) is 3.80. The molecule has 0 radical (unpaired) electrons. The Morgan fingerprint density at radius 3 is 2.44 bits per heavy atom. The van der Waals surface area contributed by atoms with Gasteiger partial charge in [0.1, 0.15) is 6.33 Å². The van der Waals surface area contributed by atoms with Gasteiger partial charge in [-0.05, 0) is 18.4 Å². The highest BCUT2D eigenvalue weighted by molar-refractivity contribution is 5.16. The minimum absolute atomic E-state index is 0.0152. The van der Waals surface area contributed by atoms with E-state index in [-0.39, 0.29) is 6.04 Å². The Morgan fingerprint density at radius 1 is 1.06 bits per heavy atom. The van der Waals surface area contributed by atoms with E-state index in [4.69, 9.17) is 5.73 Å². The quantitative estimate of drug-likeness (QED) is 0.846. The van der Waals surface area contributed by atoms with Crippen molar-refractivity contribution in [1.29, 1.82) is 0 Å². The maximum Gasteiger partial charge on any atom is 0.115 e. The van der Waals surface area contributed by atoms with Crippen LogP contribution >= 0.6 is 0 Å². The van der Waals surface area contributed by atoms with Crippen LogP contribution in [0.25, 0.3) is 0 Å². The van der Waals surface area contributed by atoms with Crippen LogP contribution < -0.4 is 5.73 Å². The Kier molecular flexibility index (Phi) is 3.62. The summed E-state index contributed by atoms with van der Waals surface area (Å²) in [4.78, 5) is 7.94. The molecular weight excluding hydrogens is 198 g/mol. The number of hydrogen-bond donors (Lipinski definition) is 1. The lowest BCUT2D eigenvalue weighted by Crippen LogP contribution is -2.11. The molecule has 16 heavy (non-hydrogen) atoms. The SMILES string of the molecule is NC(CCc1ccccc1)c1cncnc1. The van der Waals surface area contributed by atoms with E-state index < -0.39 is 0 Å². The molecule has 3 nitrogen and oxygen atoms in total. The largest absolute Gasteiger partial charge is 0.324 e. The Bertz CT molecular complexity index is 414. The number of rotatable bonds is 4. The number of nitrogens with zero attached hydrogens (tertiary/aromatic N) is 2. The van der Waals surface area contributed by atoms with Crippen molar-refractivity contribution in [2.24, 2.45) is 5.73 Å². The number of hydrogen-bond acceptors (Lipinski definition) is 3. The summed E-state index contributed by atoms with van der Waals surface area (Å²) in [5.74, 6) is 0. The molecule has 0 saturated carbocycles. The minimum Gasteiger partial charge on any atom is -0.324 e. The third kappa shape index (κ3) is 2.87. The number of benzene rings is 1. The number of aromatic nitrogens is 2. The van der Waals surface area contributed by atoms with Gasteiger partial charge in [0.15, 0.2) is 0 Å². The van der Waals surface area contributed by atoms with Crippen LogP contribution in [0, 0.1) is 0 Å². The first kappa shape index (κ1) is 10.8. The molecule has 0 aliphatic carbocycles. The highest BCUT2D eigenvalue weighted by atomic mass is 14.8. The highest BCUT2D eigenvalue weighted by Gasteiger charge is 2.06. The smallest absolute Gasteiger partial charge is 0.115 e. The Hall–Kier alpha value is -1.74. The molecule has 0 amide bonds. The maximum atomic E-state index is 6.06. The molecule has 1 unspecified atom stereocenters. The van der Waals surface area contributed by atoms with Crippen LogP contribution in [0.3, 0.4) is 0 Å². The summed E-state index contributed by atoms with van der Waals surface area (Å²) in [5, 5.41) is 0. The summed E-state index contributed by atoms with van der Waals surface area (Å²) in [7, 11) is 0. The average molecular weight is 213 g/mol. The summed E-state index contributed by atoms with van der Waals surface area (Å²) in [5.41, 5.74) is 8.38. The summed E-state index contributed by atoms with van der Waals surface area (Å²) in [6.07, 6.45) is 6.98. The second-order valence-electron chi connectivity index (χ2n) is 3.80. The zero-order chi connectivity index (χ0) is 11.2. The van der Waals surface area contributed by atoms with Gasteiger partial charge in [0.2, 0.25) is 0 Å². The molecule has 0 saturated heterocycles. The fourth-order valence-corrected chi connectivity index (χ4v) is 1.64. The van der Waals surface area contributed by atoms with E-state index in [0.29, 0.717) is 0 Å². The molecule has 0 aliphatic heterocycles. The zero-order valence-corrected chi connectivity index (χ0v) is 9.08. The molecule has 82 valence electrons. The van der Waals surface area contributed by atoms with Crippen LogP contribution in [-0.4, -0.2) is 9.97 Å². The summed E-state index contributed by atoms with van der Waals surface area (Å²) in [6, 6.07) is 10.4. The Morgan fingerprint density at radius 2 is 1.75 bits per heavy atom. The van der Waals surface area contributed by atoms with E-state index in [9.17, 15) is 0 Å². The van der Waals surface area contributed by atoms with Gasteiger partial charge in [-0.25, -0.2) is 9.97 Å². The van der Waals surface area contributed by atoms with Crippen LogP contribution in [0.5, 0.6) is 0 Å². The molecule has 0 fully saturated rings. The first-order valence-electron chi connectivity index (χ1n) is 5.40. The van der Waals surface area contributed by atoms with Crippen molar-refractivity contribution in [2.75, 3.05) is 0 Å². The molecule has 1 atom stereocenters. The first-order valence-corrected chi connectivity index (χ1v) is 5.40. The predicted molar refractivity (Wildman–Crippen MR) is 63.7 cm³/mol. The molecule has 1 heterocycles. The standard InChI is InChI=1S/C13H15N3/c14-13(12-8-15-10-16-9-12)7-6-11-4-2-1-3-5-11/h1-5,8-10,13H,6-7,14H2. The Balaban J connectivity index is 1.92. The van der Waals surface area contributed by atoms with E-state index in [0.717, 1.165) is 18.4 Å².